The molecule has 1 atom stereocenters. The van der Waals surface area contributed by atoms with Crippen LogP contribution in [-0.4, -0.2) is 51.4 Å². The minimum atomic E-state index is -4.28. The second-order valence-electron chi connectivity index (χ2n) is 11.0. The van der Waals surface area contributed by atoms with Gasteiger partial charge in [-0.05, 0) is 73.0 Å². The number of carbonyl (C=O) groups is 2. The molecule has 46 heavy (non-hydrogen) atoms. The topological polar surface area (TPSA) is 96.0 Å². The fraction of sp³-hybridized carbons (Fsp3) is 0.278. The van der Waals surface area contributed by atoms with Gasteiger partial charge in [-0.1, -0.05) is 73.5 Å². The molecule has 0 heterocycles. The van der Waals surface area contributed by atoms with E-state index in [1.165, 1.54) is 36.3 Å². The monoisotopic (exact) mass is 645 g/mol. The van der Waals surface area contributed by atoms with Crippen molar-refractivity contribution in [2.75, 3.05) is 24.5 Å². The van der Waals surface area contributed by atoms with E-state index in [2.05, 4.69) is 5.32 Å². The van der Waals surface area contributed by atoms with Crippen LogP contribution in [-0.2, 0) is 32.6 Å². The first-order chi connectivity index (χ1) is 22.1. The van der Waals surface area contributed by atoms with Crippen LogP contribution in [0, 0.1) is 12.7 Å². The first kappa shape index (κ1) is 34.2. The number of ether oxygens (including phenoxy) is 1. The summed E-state index contributed by atoms with van der Waals surface area (Å²) in [5.41, 5.74) is 2.51. The van der Waals surface area contributed by atoms with E-state index < -0.39 is 34.3 Å². The molecule has 8 nitrogen and oxygen atoms in total. The molecular weight excluding hydrogens is 605 g/mol. The van der Waals surface area contributed by atoms with Crippen molar-refractivity contribution >= 4 is 27.5 Å². The number of unbranched alkanes of at least 4 members (excludes halogenated alkanes) is 1. The lowest BCUT2D eigenvalue weighted by molar-refractivity contribution is -0.140. The Hall–Kier alpha value is -4.70. The number of aryl methyl sites for hydroxylation is 1. The highest BCUT2D eigenvalue weighted by molar-refractivity contribution is 7.92. The standard InChI is InChI=1S/C36H40FN3O5S/c1-4-5-22-38-36(42)34(24-28-10-7-6-8-11-28)39(25-29-12-9-13-32(23-29)45-3)35(41)26-40(31-18-16-30(37)17-19-31)46(43,44)33-20-14-27(2)15-21-33/h6-21,23,34H,4-5,22,24-26H2,1-3H3,(H,38,42)/t34-/m0/s1. The molecule has 1 N–H and O–H groups in total. The van der Waals surface area contributed by atoms with Crippen LogP contribution < -0.4 is 14.4 Å². The van der Waals surface area contributed by atoms with Gasteiger partial charge in [0.05, 0.1) is 17.7 Å². The maximum atomic E-state index is 14.5. The highest BCUT2D eigenvalue weighted by Crippen LogP contribution is 2.26. The Balaban J connectivity index is 1.79. The number of nitrogens with zero attached hydrogens (tertiary/aromatic N) is 2. The van der Waals surface area contributed by atoms with Gasteiger partial charge in [-0.15, -0.1) is 0 Å². The Kier molecular flexibility index (Phi) is 11.9. The number of halogens is 1. The lowest BCUT2D eigenvalue weighted by atomic mass is 10.0. The first-order valence-electron chi connectivity index (χ1n) is 15.2. The van der Waals surface area contributed by atoms with Gasteiger partial charge in [0.2, 0.25) is 11.8 Å². The molecule has 4 aromatic rings. The van der Waals surface area contributed by atoms with Gasteiger partial charge in [0, 0.05) is 19.5 Å². The first-order valence-corrected chi connectivity index (χ1v) is 16.7. The van der Waals surface area contributed by atoms with E-state index in [1.807, 2.05) is 50.2 Å². The minimum absolute atomic E-state index is 0.0105. The third-order valence-electron chi connectivity index (χ3n) is 7.59. The van der Waals surface area contributed by atoms with Crippen molar-refractivity contribution in [3.63, 3.8) is 0 Å². The van der Waals surface area contributed by atoms with Gasteiger partial charge in [0.25, 0.3) is 10.0 Å². The van der Waals surface area contributed by atoms with Gasteiger partial charge in [-0.3, -0.25) is 13.9 Å². The summed E-state index contributed by atoms with van der Waals surface area (Å²) < 4.78 is 48.4. The Morgan fingerprint density at radius 2 is 1.57 bits per heavy atom. The summed E-state index contributed by atoms with van der Waals surface area (Å²) in [6.45, 7) is 3.68. The number of carbonyl (C=O) groups excluding carboxylic acids is 2. The molecule has 0 aliphatic rings. The van der Waals surface area contributed by atoms with Crippen LogP contribution in [0.3, 0.4) is 0 Å². The molecule has 0 aliphatic heterocycles. The molecule has 10 heteroatoms. The largest absolute Gasteiger partial charge is 0.497 e. The normalized spacial score (nSPS) is 11.8. The van der Waals surface area contributed by atoms with E-state index in [1.54, 1.807) is 30.3 Å². The molecule has 242 valence electrons. The Morgan fingerprint density at radius 1 is 0.891 bits per heavy atom. The number of amides is 2. The number of hydrogen-bond donors (Lipinski definition) is 1. The molecule has 0 fully saturated rings. The van der Waals surface area contributed by atoms with Crippen molar-refractivity contribution in [3.05, 3.63) is 126 Å². The number of sulfonamides is 1. The van der Waals surface area contributed by atoms with Crippen molar-refractivity contribution in [3.8, 4) is 5.75 Å². The summed E-state index contributed by atoms with van der Waals surface area (Å²) >= 11 is 0. The maximum Gasteiger partial charge on any atom is 0.264 e. The Morgan fingerprint density at radius 3 is 2.22 bits per heavy atom. The maximum absolute atomic E-state index is 14.5. The smallest absolute Gasteiger partial charge is 0.264 e. The van der Waals surface area contributed by atoms with Crippen LogP contribution in [0.1, 0.15) is 36.5 Å². The molecule has 0 spiro atoms. The molecule has 0 saturated heterocycles. The fourth-order valence-corrected chi connectivity index (χ4v) is 6.42. The predicted molar refractivity (Wildman–Crippen MR) is 178 cm³/mol. The van der Waals surface area contributed by atoms with Gasteiger partial charge in [-0.2, -0.15) is 0 Å². The molecule has 0 saturated carbocycles. The van der Waals surface area contributed by atoms with Crippen LogP contribution >= 0.6 is 0 Å². The molecule has 4 aromatic carbocycles. The second-order valence-corrected chi connectivity index (χ2v) is 12.9. The molecule has 0 radical (unpaired) electrons. The molecule has 0 bridgehead atoms. The highest BCUT2D eigenvalue weighted by atomic mass is 32.2. The van der Waals surface area contributed by atoms with E-state index in [9.17, 15) is 22.4 Å². The van der Waals surface area contributed by atoms with Crippen LogP contribution in [0.5, 0.6) is 5.75 Å². The van der Waals surface area contributed by atoms with E-state index in [4.69, 9.17) is 4.74 Å². The highest BCUT2D eigenvalue weighted by Gasteiger charge is 2.34. The zero-order valence-corrected chi connectivity index (χ0v) is 27.2. The number of rotatable bonds is 15. The summed E-state index contributed by atoms with van der Waals surface area (Å²) in [7, 11) is -2.74. The number of methoxy groups -OCH3 is 1. The van der Waals surface area contributed by atoms with E-state index in [0.29, 0.717) is 17.9 Å². The second kappa shape index (κ2) is 16.0. The molecule has 0 aromatic heterocycles. The average Bonchev–Trinajstić information content (AvgIpc) is 3.06. The van der Waals surface area contributed by atoms with Crippen LogP contribution in [0.2, 0.25) is 0 Å². The Labute approximate surface area is 270 Å². The summed E-state index contributed by atoms with van der Waals surface area (Å²) in [5, 5.41) is 2.97. The van der Waals surface area contributed by atoms with Gasteiger partial charge >= 0.3 is 0 Å². The fourth-order valence-electron chi connectivity index (χ4n) is 5.00. The van der Waals surface area contributed by atoms with Crippen LogP contribution in [0.15, 0.2) is 108 Å². The molecule has 0 aliphatic carbocycles. The van der Waals surface area contributed by atoms with Crippen molar-refractivity contribution in [2.24, 2.45) is 0 Å². The third-order valence-corrected chi connectivity index (χ3v) is 9.38. The lowest BCUT2D eigenvalue weighted by Crippen LogP contribution is -2.53. The third kappa shape index (κ3) is 8.94. The number of anilines is 1. The van der Waals surface area contributed by atoms with E-state index >= 15 is 0 Å². The average molecular weight is 646 g/mol. The molecule has 0 unspecified atom stereocenters. The van der Waals surface area contributed by atoms with Gasteiger partial charge in [-0.25, -0.2) is 12.8 Å². The molecular formula is C36H40FN3O5S. The predicted octanol–water partition coefficient (Wildman–Crippen LogP) is 5.89. The zero-order valence-electron chi connectivity index (χ0n) is 26.4. The SMILES string of the molecule is CCCCNC(=O)[C@H](Cc1ccccc1)N(Cc1cccc(OC)c1)C(=O)CN(c1ccc(F)cc1)S(=O)(=O)c1ccc(C)cc1. The van der Waals surface area contributed by atoms with E-state index in [-0.39, 0.29) is 29.5 Å². The minimum Gasteiger partial charge on any atom is -0.497 e. The molecule has 2 amide bonds. The summed E-state index contributed by atoms with van der Waals surface area (Å²) in [6, 6.07) is 26.8. The van der Waals surface area contributed by atoms with E-state index in [0.717, 1.165) is 40.4 Å². The van der Waals surface area contributed by atoms with Crippen molar-refractivity contribution in [1.29, 1.82) is 0 Å². The van der Waals surface area contributed by atoms with Gasteiger partial charge in [0.15, 0.2) is 0 Å². The zero-order chi connectivity index (χ0) is 33.1. The summed E-state index contributed by atoms with van der Waals surface area (Å²) in [5.74, 6) is -0.918. The number of hydrogen-bond acceptors (Lipinski definition) is 5. The lowest BCUT2D eigenvalue weighted by Gasteiger charge is -2.34. The summed E-state index contributed by atoms with van der Waals surface area (Å²) in [6.07, 6.45) is 1.84. The van der Waals surface area contributed by atoms with Gasteiger partial charge < -0.3 is 15.0 Å². The number of benzene rings is 4. The molecule has 4 rings (SSSR count). The quantitative estimate of drug-likeness (QED) is 0.163. The van der Waals surface area contributed by atoms with Crippen molar-refractivity contribution < 1.29 is 27.1 Å². The van der Waals surface area contributed by atoms with Crippen molar-refractivity contribution in [1.82, 2.24) is 10.2 Å². The van der Waals surface area contributed by atoms with Crippen LogP contribution in [0.25, 0.3) is 0 Å². The number of nitrogens with one attached hydrogen (secondary N) is 1. The summed E-state index contributed by atoms with van der Waals surface area (Å²) in [4.78, 5) is 29.7. The van der Waals surface area contributed by atoms with Crippen molar-refractivity contribution in [2.45, 2.75) is 50.6 Å². The Bertz CT molecular complexity index is 1700. The van der Waals surface area contributed by atoms with Crippen LogP contribution in [0.4, 0.5) is 10.1 Å². The van der Waals surface area contributed by atoms with Gasteiger partial charge in [0.1, 0.15) is 24.2 Å².